The molecule has 0 aliphatic heterocycles. The quantitative estimate of drug-likeness (QED) is 0.175. The van der Waals surface area contributed by atoms with E-state index in [1.54, 1.807) is 0 Å². The molecule has 3 aliphatic carbocycles. The van der Waals surface area contributed by atoms with Crippen LogP contribution in [-0.4, -0.2) is 0 Å². The average Bonchev–Trinajstić information content (AvgIpc) is 3.41. The summed E-state index contributed by atoms with van der Waals surface area (Å²) in [6, 6.07) is 55.6. The van der Waals surface area contributed by atoms with E-state index in [4.69, 9.17) is 0 Å². The highest BCUT2D eigenvalue weighted by atomic mass is 15.1. The van der Waals surface area contributed by atoms with Crippen molar-refractivity contribution in [1.82, 2.24) is 0 Å². The van der Waals surface area contributed by atoms with E-state index in [0.717, 1.165) is 17.8 Å². The Labute approximate surface area is 295 Å². The Balaban J connectivity index is 1.20. The molecule has 0 aromatic heterocycles. The van der Waals surface area contributed by atoms with Gasteiger partial charge in [0.25, 0.3) is 0 Å². The molecule has 0 spiro atoms. The number of anilines is 2. The van der Waals surface area contributed by atoms with Crippen molar-refractivity contribution in [3.8, 4) is 33.4 Å². The van der Waals surface area contributed by atoms with E-state index in [2.05, 4.69) is 201 Å². The van der Waals surface area contributed by atoms with Gasteiger partial charge in [-0.1, -0.05) is 166 Å². The van der Waals surface area contributed by atoms with E-state index in [1.165, 1.54) is 66.9 Å². The zero-order chi connectivity index (χ0) is 33.7. The summed E-state index contributed by atoms with van der Waals surface area (Å²) in [6.45, 7) is 4.70. The van der Waals surface area contributed by atoms with Gasteiger partial charge >= 0.3 is 0 Å². The summed E-state index contributed by atoms with van der Waals surface area (Å²) in [6.07, 6.45) is 12.6. The fourth-order valence-electron chi connectivity index (χ4n) is 8.21. The normalized spacial score (nSPS) is 16.8. The van der Waals surface area contributed by atoms with E-state index >= 15 is 0 Å². The summed E-state index contributed by atoms with van der Waals surface area (Å²) < 4.78 is 0. The number of rotatable bonds is 6. The van der Waals surface area contributed by atoms with Crippen LogP contribution in [0.15, 0.2) is 193 Å². The Hall–Kier alpha value is -5.92. The highest BCUT2D eigenvalue weighted by Crippen LogP contribution is 2.51. The second-order valence-corrected chi connectivity index (χ2v) is 14.1. The van der Waals surface area contributed by atoms with Crippen molar-refractivity contribution in [2.24, 2.45) is 5.92 Å². The van der Waals surface area contributed by atoms with Gasteiger partial charge in [-0.2, -0.15) is 0 Å². The maximum Gasteiger partial charge on any atom is 0.0540 e. The number of hydrogen-bond donors (Lipinski definition) is 0. The minimum absolute atomic E-state index is 0.0430. The Morgan fingerprint density at radius 2 is 1.10 bits per heavy atom. The number of fused-ring (bicyclic) bond motifs is 4. The summed E-state index contributed by atoms with van der Waals surface area (Å²) in [5.74, 6) is 0.370. The van der Waals surface area contributed by atoms with E-state index in [1.807, 2.05) is 0 Å². The van der Waals surface area contributed by atoms with Gasteiger partial charge in [0.2, 0.25) is 0 Å². The molecule has 0 amide bonds. The number of benzene rings is 6. The predicted molar refractivity (Wildman–Crippen MR) is 211 cm³/mol. The SMILES string of the molecule is CC1(C)c2ccccc2-c2cc(N(C3=C(c4ccccc4)C4=CC=CCC4C=C3)c3ccc(-c4ccc(-c5ccccc5)cc4)cc3)ccc21. The third-order valence-corrected chi connectivity index (χ3v) is 10.8. The average molecular weight is 642 g/mol. The van der Waals surface area contributed by atoms with Crippen LogP contribution in [0.4, 0.5) is 11.4 Å². The van der Waals surface area contributed by atoms with Gasteiger partial charge in [0, 0.05) is 28.3 Å². The largest absolute Gasteiger partial charge is 0.310 e. The molecule has 6 aromatic rings. The first-order valence-corrected chi connectivity index (χ1v) is 17.7. The predicted octanol–water partition coefficient (Wildman–Crippen LogP) is 12.9. The molecular weight excluding hydrogens is 603 g/mol. The van der Waals surface area contributed by atoms with Gasteiger partial charge in [-0.25, -0.2) is 0 Å². The summed E-state index contributed by atoms with van der Waals surface area (Å²) in [5.41, 5.74) is 17.7. The molecule has 50 heavy (non-hydrogen) atoms. The summed E-state index contributed by atoms with van der Waals surface area (Å²) in [4.78, 5) is 2.48. The van der Waals surface area contributed by atoms with E-state index < -0.39 is 0 Å². The van der Waals surface area contributed by atoms with Crippen molar-refractivity contribution >= 4 is 16.9 Å². The molecule has 0 heterocycles. The number of nitrogens with zero attached hydrogens (tertiary/aromatic N) is 1. The van der Waals surface area contributed by atoms with E-state index in [0.29, 0.717) is 5.92 Å². The minimum Gasteiger partial charge on any atom is -0.310 e. The van der Waals surface area contributed by atoms with Gasteiger partial charge in [0.05, 0.1) is 5.70 Å². The second-order valence-electron chi connectivity index (χ2n) is 14.1. The van der Waals surface area contributed by atoms with Gasteiger partial charge in [-0.15, -0.1) is 0 Å². The Morgan fingerprint density at radius 3 is 1.80 bits per heavy atom. The highest BCUT2D eigenvalue weighted by molar-refractivity contribution is 5.93. The van der Waals surface area contributed by atoms with E-state index in [-0.39, 0.29) is 5.41 Å². The van der Waals surface area contributed by atoms with Gasteiger partial charge in [-0.05, 0) is 92.4 Å². The summed E-state index contributed by atoms with van der Waals surface area (Å²) >= 11 is 0. The Morgan fingerprint density at radius 1 is 0.540 bits per heavy atom. The van der Waals surface area contributed by atoms with Crippen molar-refractivity contribution in [3.05, 3.63) is 210 Å². The lowest BCUT2D eigenvalue weighted by atomic mass is 9.79. The first-order chi connectivity index (χ1) is 24.6. The molecule has 1 heteroatoms. The highest BCUT2D eigenvalue weighted by Gasteiger charge is 2.36. The molecule has 6 aromatic carbocycles. The first-order valence-electron chi connectivity index (χ1n) is 17.7. The standard InChI is InChI=1S/C49H39N/c1-49(2)45-20-12-11-19-43(45)44-33-41(30-31-46(44)49)50(47-32-27-38-15-9-10-18-42(38)48(47)39-16-7-4-8-17-39)40-28-25-37(26-29-40)36-23-21-35(22-24-36)34-13-5-3-6-14-34/h3-14,16-33,38H,15H2,1-2H3. The third kappa shape index (κ3) is 5.09. The van der Waals surface area contributed by atoms with Gasteiger partial charge in [-0.3, -0.25) is 0 Å². The van der Waals surface area contributed by atoms with Gasteiger partial charge in [0.15, 0.2) is 0 Å². The monoisotopic (exact) mass is 641 g/mol. The Bertz CT molecular complexity index is 2330. The molecule has 0 saturated heterocycles. The number of allylic oxidation sites excluding steroid dienone is 7. The molecule has 3 aliphatic rings. The van der Waals surface area contributed by atoms with Crippen LogP contribution < -0.4 is 4.90 Å². The smallest absolute Gasteiger partial charge is 0.0540 e. The molecular formula is C49H39N. The van der Waals surface area contributed by atoms with Crippen LogP contribution in [-0.2, 0) is 5.41 Å². The molecule has 240 valence electrons. The van der Waals surface area contributed by atoms with Gasteiger partial charge < -0.3 is 4.90 Å². The zero-order valence-electron chi connectivity index (χ0n) is 28.6. The van der Waals surface area contributed by atoms with Crippen molar-refractivity contribution in [2.75, 3.05) is 4.90 Å². The molecule has 1 unspecified atom stereocenters. The van der Waals surface area contributed by atoms with E-state index in [9.17, 15) is 0 Å². The van der Waals surface area contributed by atoms with Crippen LogP contribution in [0.2, 0.25) is 0 Å². The lowest BCUT2D eigenvalue weighted by molar-refractivity contribution is 0.660. The van der Waals surface area contributed by atoms with Crippen LogP contribution in [0.25, 0.3) is 39.0 Å². The minimum atomic E-state index is -0.0430. The first kappa shape index (κ1) is 30.2. The van der Waals surface area contributed by atoms with Crippen LogP contribution >= 0.6 is 0 Å². The lowest BCUT2D eigenvalue weighted by Crippen LogP contribution is -2.22. The van der Waals surface area contributed by atoms with Crippen LogP contribution in [0.1, 0.15) is 37.0 Å². The maximum absolute atomic E-state index is 2.48. The fraction of sp³-hybridized carbons (Fsp3) is 0.102. The molecule has 0 bridgehead atoms. The maximum atomic E-state index is 2.48. The zero-order valence-corrected chi connectivity index (χ0v) is 28.6. The molecule has 9 rings (SSSR count). The second kappa shape index (κ2) is 12.2. The Kier molecular flexibility index (Phi) is 7.36. The van der Waals surface area contributed by atoms with Crippen LogP contribution in [0.5, 0.6) is 0 Å². The molecule has 0 fully saturated rings. The van der Waals surface area contributed by atoms with Crippen LogP contribution in [0.3, 0.4) is 0 Å². The molecule has 1 atom stereocenters. The third-order valence-electron chi connectivity index (χ3n) is 10.8. The molecule has 0 saturated carbocycles. The van der Waals surface area contributed by atoms with Crippen molar-refractivity contribution < 1.29 is 0 Å². The van der Waals surface area contributed by atoms with Gasteiger partial charge in [0.1, 0.15) is 0 Å². The van der Waals surface area contributed by atoms with Crippen molar-refractivity contribution in [3.63, 3.8) is 0 Å². The molecule has 1 nitrogen and oxygen atoms in total. The van der Waals surface area contributed by atoms with Crippen LogP contribution in [0, 0.1) is 5.92 Å². The molecule has 0 N–H and O–H groups in total. The van der Waals surface area contributed by atoms with Crippen molar-refractivity contribution in [1.29, 1.82) is 0 Å². The summed E-state index contributed by atoms with van der Waals surface area (Å²) in [7, 11) is 0. The van der Waals surface area contributed by atoms with Crippen molar-refractivity contribution in [2.45, 2.75) is 25.7 Å². The fourth-order valence-corrected chi connectivity index (χ4v) is 8.21. The topological polar surface area (TPSA) is 3.24 Å². The summed E-state index contributed by atoms with van der Waals surface area (Å²) in [5, 5.41) is 0. The number of hydrogen-bond acceptors (Lipinski definition) is 1. The lowest BCUT2D eigenvalue weighted by Gasteiger charge is -2.35. The molecule has 0 radical (unpaired) electrons.